The summed E-state index contributed by atoms with van der Waals surface area (Å²) < 4.78 is 0. The number of rotatable bonds is 2. The van der Waals surface area contributed by atoms with E-state index in [4.69, 9.17) is 0 Å². The van der Waals surface area contributed by atoms with Crippen LogP contribution in [0.2, 0.25) is 0 Å². The Balaban J connectivity index is 2.28. The molecule has 0 heterocycles. The third-order valence-corrected chi connectivity index (χ3v) is 4.42. The smallest absolute Gasteiger partial charge is 0.0143 e. The molecule has 0 aliphatic carbocycles. The topological polar surface area (TPSA) is 0 Å². The van der Waals surface area contributed by atoms with Gasteiger partial charge in [-0.15, -0.1) is 0 Å². The van der Waals surface area contributed by atoms with Crippen molar-refractivity contribution in [3.63, 3.8) is 0 Å². The maximum Gasteiger partial charge on any atom is -0.0143 e. The summed E-state index contributed by atoms with van der Waals surface area (Å²) in [5.74, 6) is 0. The van der Waals surface area contributed by atoms with Crippen LogP contribution in [0.15, 0.2) is 60.7 Å². The second-order valence-electron chi connectivity index (χ2n) is 6.11. The molecule has 0 heteroatoms. The van der Waals surface area contributed by atoms with Gasteiger partial charge in [-0.25, -0.2) is 0 Å². The first-order valence-electron chi connectivity index (χ1n) is 7.81. The Morgan fingerprint density at radius 1 is 0.500 bits per heavy atom. The molecule has 0 aromatic heterocycles. The maximum absolute atomic E-state index is 2.30. The molecule has 0 amide bonds. The molecular weight excluding hydrogens is 264 g/mol. The highest BCUT2D eigenvalue weighted by Crippen LogP contribution is 2.35. The molecule has 0 unspecified atom stereocenters. The van der Waals surface area contributed by atoms with Crippen LogP contribution < -0.4 is 0 Å². The van der Waals surface area contributed by atoms with Gasteiger partial charge in [0.05, 0.1) is 0 Å². The predicted octanol–water partition coefficient (Wildman–Crippen LogP) is 6.25. The minimum absolute atomic E-state index is 1.31. The van der Waals surface area contributed by atoms with Crippen LogP contribution in [0.3, 0.4) is 0 Å². The summed E-state index contributed by atoms with van der Waals surface area (Å²) in [6.07, 6.45) is 0. The van der Waals surface area contributed by atoms with Gasteiger partial charge in [0.2, 0.25) is 0 Å². The highest BCUT2D eigenvalue weighted by atomic mass is 14.2. The largest absolute Gasteiger partial charge is 0.0620 e. The molecule has 3 aromatic carbocycles. The molecule has 0 aliphatic rings. The minimum atomic E-state index is 1.31. The van der Waals surface area contributed by atoms with Gasteiger partial charge in [0.1, 0.15) is 0 Å². The van der Waals surface area contributed by atoms with E-state index in [0.717, 1.165) is 0 Å². The van der Waals surface area contributed by atoms with Crippen molar-refractivity contribution in [3.05, 3.63) is 82.9 Å². The van der Waals surface area contributed by atoms with Crippen molar-refractivity contribution in [2.24, 2.45) is 0 Å². The van der Waals surface area contributed by atoms with Crippen LogP contribution >= 0.6 is 0 Å². The van der Waals surface area contributed by atoms with Crippen LogP contribution in [0.5, 0.6) is 0 Å². The first-order chi connectivity index (χ1) is 10.6. The van der Waals surface area contributed by atoms with Gasteiger partial charge in [-0.1, -0.05) is 60.7 Å². The van der Waals surface area contributed by atoms with Crippen molar-refractivity contribution < 1.29 is 0 Å². The van der Waals surface area contributed by atoms with Crippen molar-refractivity contribution >= 4 is 0 Å². The molecule has 0 nitrogen and oxygen atoms in total. The van der Waals surface area contributed by atoms with Crippen LogP contribution in [0, 0.1) is 27.7 Å². The molecule has 0 fully saturated rings. The molecule has 0 saturated heterocycles. The molecular formula is C22H22. The zero-order chi connectivity index (χ0) is 15.7. The van der Waals surface area contributed by atoms with Crippen molar-refractivity contribution in [2.45, 2.75) is 27.7 Å². The molecule has 0 bridgehead atoms. The molecule has 3 aromatic rings. The lowest BCUT2D eigenvalue weighted by Crippen LogP contribution is -1.93. The Hall–Kier alpha value is -2.34. The summed E-state index contributed by atoms with van der Waals surface area (Å²) >= 11 is 0. The molecule has 110 valence electrons. The van der Waals surface area contributed by atoms with Crippen molar-refractivity contribution in [1.82, 2.24) is 0 Å². The monoisotopic (exact) mass is 286 g/mol. The molecule has 0 aliphatic heterocycles. The van der Waals surface area contributed by atoms with Gasteiger partial charge >= 0.3 is 0 Å². The molecule has 0 spiro atoms. The fraction of sp³-hybridized carbons (Fsp3) is 0.182. The van der Waals surface area contributed by atoms with Crippen LogP contribution in [0.4, 0.5) is 0 Å². The van der Waals surface area contributed by atoms with Gasteiger partial charge in [0, 0.05) is 0 Å². The number of benzene rings is 3. The highest BCUT2D eigenvalue weighted by Gasteiger charge is 2.12. The van der Waals surface area contributed by atoms with Gasteiger partial charge in [-0.2, -0.15) is 0 Å². The van der Waals surface area contributed by atoms with Gasteiger partial charge in [-0.05, 0) is 72.2 Å². The van der Waals surface area contributed by atoms with Gasteiger partial charge in [0.25, 0.3) is 0 Å². The quantitative estimate of drug-likeness (QED) is 0.522. The van der Waals surface area contributed by atoms with E-state index < -0.39 is 0 Å². The SMILES string of the molecule is Cc1cc(-c2ccccc2C)c(C)c(-c2ccccc2C)c1. The van der Waals surface area contributed by atoms with E-state index >= 15 is 0 Å². The van der Waals surface area contributed by atoms with Gasteiger partial charge in [0.15, 0.2) is 0 Å². The lowest BCUT2D eigenvalue weighted by molar-refractivity contribution is 1.35. The van der Waals surface area contributed by atoms with E-state index in [-0.39, 0.29) is 0 Å². The molecule has 22 heavy (non-hydrogen) atoms. The Labute approximate surface area is 133 Å². The molecule has 0 radical (unpaired) electrons. The average Bonchev–Trinajstić information content (AvgIpc) is 2.51. The minimum Gasteiger partial charge on any atom is -0.0620 e. The van der Waals surface area contributed by atoms with Crippen LogP contribution in [-0.4, -0.2) is 0 Å². The molecule has 0 saturated carbocycles. The number of hydrogen-bond donors (Lipinski definition) is 0. The second kappa shape index (κ2) is 5.81. The molecule has 3 rings (SSSR count). The van der Waals surface area contributed by atoms with Gasteiger partial charge in [-0.3, -0.25) is 0 Å². The normalized spacial score (nSPS) is 10.7. The summed E-state index contributed by atoms with van der Waals surface area (Å²) in [5.41, 5.74) is 10.7. The Kier molecular flexibility index (Phi) is 3.85. The van der Waals surface area contributed by atoms with E-state index in [9.17, 15) is 0 Å². The van der Waals surface area contributed by atoms with Gasteiger partial charge < -0.3 is 0 Å². The lowest BCUT2D eigenvalue weighted by Gasteiger charge is -2.16. The first-order valence-corrected chi connectivity index (χ1v) is 7.81. The fourth-order valence-corrected chi connectivity index (χ4v) is 3.17. The maximum atomic E-state index is 2.30. The third-order valence-electron chi connectivity index (χ3n) is 4.42. The number of aryl methyl sites for hydroxylation is 3. The van der Waals surface area contributed by atoms with Crippen LogP contribution in [0.1, 0.15) is 22.3 Å². The Morgan fingerprint density at radius 2 is 0.909 bits per heavy atom. The molecule has 0 atom stereocenters. The van der Waals surface area contributed by atoms with E-state index in [1.165, 1.54) is 44.5 Å². The third kappa shape index (κ3) is 2.57. The van der Waals surface area contributed by atoms with Crippen molar-refractivity contribution in [2.75, 3.05) is 0 Å². The Morgan fingerprint density at radius 3 is 1.32 bits per heavy atom. The zero-order valence-corrected chi connectivity index (χ0v) is 13.8. The van der Waals surface area contributed by atoms with E-state index in [2.05, 4.69) is 88.4 Å². The van der Waals surface area contributed by atoms with Crippen LogP contribution in [-0.2, 0) is 0 Å². The fourth-order valence-electron chi connectivity index (χ4n) is 3.17. The average molecular weight is 286 g/mol. The summed E-state index contributed by atoms with van der Waals surface area (Å²) in [4.78, 5) is 0. The lowest BCUT2D eigenvalue weighted by atomic mass is 9.88. The summed E-state index contributed by atoms with van der Waals surface area (Å²) in [6.45, 7) is 8.79. The Bertz CT molecular complexity index is 758. The van der Waals surface area contributed by atoms with Crippen molar-refractivity contribution in [3.8, 4) is 22.3 Å². The van der Waals surface area contributed by atoms with Crippen LogP contribution in [0.25, 0.3) is 22.3 Å². The number of hydrogen-bond acceptors (Lipinski definition) is 0. The summed E-state index contributed by atoms with van der Waals surface area (Å²) in [7, 11) is 0. The van der Waals surface area contributed by atoms with E-state index in [1.807, 2.05) is 0 Å². The van der Waals surface area contributed by atoms with Crippen molar-refractivity contribution in [1.29, 1.82) is 0 Å². The zero-order valence-electron chi connectivity index (χ0n) is 13.8. The van der Waals surface area contributed by atoms with E-state index in [0.29, 0.717) is 0 Å². The highest BCUT2D eigenvalue weighted by molar-refractivity contribution is 5.81. The summed E-state index contributed by atoms with van der Waals surface area (Å²) in [6, 6.07) is 21.9. The standard InChI is InChI=1S/C22H22/c1-15-13-21(19-11-7-5-9-16(19)2)18(4)22(14-15)20-12-8-6-10-17(20)3/h5-14H,1-4H3. The predicted molar refractivity (Wildman–Crippen MR) is 96.3 cm³/mol. The second-order valence-corrected chi connectivity index (χ2v) is 6.11. The summed E-state index contributed by atoms with van der Waals surface area (Å²) in [5, 5.41) is 0. The molecule has 0 N–H and O–H groups in total. The first kappa shape index (κ1) is 14.6. The van der Waals surface area contributed by atoms with E-state index in [1.54, 1.807) is 0 Å².